The monoisotopic (exact) mass is 583 g/mol. The first-order valence-corrected chi connectivity index (χ1v) is 16.7. The zero-order valence-corrected chi connectivity index (χ0v) is 25.8. The molecule has 3 aromatic carbocycles. The van der Waals surface area contributed by atoms with Crippen molar-refractivity contribution in [1.29, 1.82) is 5.26 Å². The highest BCUT2D eigenvalue weighted by molar-refractivity contribution is 6.99. The summed E-state index contributed by atoms with van der Waals surface area (Å²) in [4.78, 5) is 14.7. The summed E-state index contributed by atoms with van der Waals surface area (Å²) in [6, 6.07) is 33.3. The lowest BCUT2D eigenvalue weighted by Crippen LogP contribution is -2.71. The molecule has 2 heterocycles. The van der Waals surface area contributed by atoms with E-state index < -0.39 is 26.1 Å². The van der Waals surface area contributed by atoms with Gasteiger partial charge in [-0.15, -0.1) is 0 Å². The summed E-state index contributed by atoms with van der Waals surface area (Å²) in [6.45, 7) is 8.95. The summed E-state index contributed by atoms with van der Waals surface area (Å²) in [5.74, 6) is 0. The molecular weight excluding hydrogens is 542 g/mol. The Morgan fingerprint density at radius 1 is 0.976 bits per heavy atom. The summed E-state index contributed by atoms with van der Waals surface area (Å²) >= 11 is 0. The molecule has 220 valence electrons. The fraction of sp³-hybridized carbons (Fsp3) is 0.412. The number of hydrogen-bond donors (Lipinski definition) is 1. The molecule has 2 aliphatic rings. The van der Waals surface area contributed by atoms with Gasteiger partial charge in [-0.25, -0.2) is 4.79 Å². The van der Waals surface area contributed by atoms with Gasteiger partial charge in [-0.1, -0.05) is 112 Å². The molecule has 3 aromatic rings. The van der Waals surface area contributed by atoms with Gasteiger partial charge >= 0.3 is 6.09 Å². The Labute approximate surface area is 250 Å². The molecular formula is C34H41N3O4Si. The first-order chi connectivity index (χ1) is 20.3. The number of nitrogens with one attached hydrogen (secondary N) is 1. The van der Waals surface area contributed by atoms with Gasteiger partial charge in [-0.3, -0.25) is 4.90 Å². The molecule has 1 N–H and O–H groups in total. The molecule has 2 atom stereocenters. The van der Waals surface area contributed by atoms with Crippen LogP contribution in [0.1, 0.15) is 39.2 Å². The first kappa shape index (κ1) is 30.0. The molecule has 0 aliphatic carbocycles. The maximum Gasteiger partial charge on any atom is 0.407 e. The summed E-state index contributed by atoms with van der Waals surface area (Å²) in [7, 11) is -2.89. The predicted octanol–water partition coefficient (Wildman–Crippen LogP) is 4.61. The molecule has 0 unspecified atom stereocenters. The van der Waals surface area contributed by atoms with E-state index in [0.717, 1.165) is 18.4 Å². The number of carbonyl (C=O) groups is 1. The van der Waals surface area contributed by atoms with Gasteiger partial charge < -0.3 is 19.2 Å². The smallest absolute Gasteiger partial charge is 0.407 e. The third-order valence-electron chi connectivity index (χ3n) is 8.65. The summed E-state index contributed by atoms with van der Waals surface area (Å²) < 4.78 is 18.9. The second-order valence-corrected chi connectivity index (χ2v) is 16.5. The molecule has 2 fully saturated rings. The third kappa shape index (κ3) is 6.01. The third-order valence-corrected chi connectivity index (χ3v) is 13.7. The SMILES string of the molecule is CC(C)(C)[Si](O[C@@H]1COC[C@@]1(C#N)N1CCC(NC(=O)OCc2ccccc2)CC1)(c1ccccc1)c1ccccc1. The molecule has 0 spiro atoms. The van der Waals surface area contributed by atoms with E-state index in [-0.39, 0.29) is 17.7 Å². The highest BCUT2D eigenvalue weighted by Crippen LogP contribution is 2.41. The molecule has 1 amide bonds. The van der Waals surface area contributed by atoms with Gasteiger partial charge in [-0.2, -0.15) is 5.26 Å². The Morgan fingerprint density at radius 2 is 1.52 bits per heavy atom. The van der Waals surface area contributed by atoms with Gasteiger partial charge in [0.15, 0.2) is 5.54 Å². The molecule has 8 heteroatoms. The van der Waals surface area contributed by atoms with E-state index in [9.17, 15) is 10.1 Å². The van der Waals surface area contributed by atoms with Crippen LogP contribution in [0.3, 0.4) is 0 Å². The molecule has 7 nitrogen and oxygen atoms in total. The summed E-state index contributed by atoms with van der Waals surface area (Å²) in [5, 5.41) is 15.9. The molecule has 2 aliphatic heterocycles. The molecule has 2 saturated heterocycles. The normalized spacial score (nSPS) is 21.9. The number of nitriles is 1. The van der Waals surface area contributed by atoms with Crippen LogP contribution in [0.25, 0.3) is 0 Å². The van der Waals surface area contributed by atoms with Gasteiger partial charge in [0.2, 0.25) is 0 Å². The molecule has 0 saturated carbocycles. The van der Waals surface area contributed by atoms with Crippen molar-refractivity contribution in [1.82, 2.24) is 10.2 Å². The number of rotatable bonds is 8. The number of ether oxygens (including phenoxy) is 2. The van der Waals surface area contributed by atoms with E-state index in [0.29, 0.717) is 26.3 Å². The van der Waals surface area contributed by atoms with E-state index in [1.54, 1.807) is 0 Å². The molecule has 0 aromatic heterocycles. The second-order valence-electron chi connectivity index (χ2n) is 12.3. The van der Waals surface area contributed by atoms with Crippen LogP contribution in [0.15, 0.2) is 91.0 Å². The van der Waals surface area contributed by atoms with Crippen molar-refractivity contribution < 1.29 is 18.7 Å². The lowest BCUT2D eigenvalue weighted by atomic mass is 9.91. The standard InChI is InChI=1S/C34H41N3O4Si/c1-33(2,3)42(29-15-9-5-10-16-29,30-17-11-6-12-18-30)41-31-24-39-26-34(31,25-35)37-21-19-28(20-22-37)36-32(38)40-23-27-13-7-4-8-14-27/h4-18,28,31H,19-24,26H2,1-3H3,(H,36,38)/t31-,34-/m1/s1. The van der Waals surface area contributed by atoms with E-state index in [2.05, 4.69) is 85.6 Å². The highest BCUT2D eigenvalue weighted by atomic mass is 28.4. The summed E-state index contributed by atoms with van der Waals surface area (Å²) in [5.41, 5.74) is 0.0397. The van der Waals surface area contributed by atoms with Crippen LogP contribution in [0.2, 0.25) is 5.04 Å². The number of hydrogen-bond acceptors (Lipinski definition) is 6. The average molecular weight is 584 g/mol. The van der Waals surface area contributed by atoms with Gasteiger partial charge in [0.25, 0.3) is 8.32 Å². The van der Waals surface area contributed by atoms with Gasteiger partial charge in [0, 0.05) is 19.1 Å². The van der Waals surface area contributed by atoms with Crippen LogP contribution in [0.5, 0.6) is 0 Å². The van der Waals surface area contributed by atoms with Crippen LogP contribution in [-0.4, -0.2) is 63.3 Å². The predicted molar refractivity (Wildman–Crippen MR) is 166 cm³/mol. The van der Waals surface area contributed by atoms with Gasteiger partial charge in [0.1, 0.15) is 12.7 Å². The number of likely N-dealkylation sites (tertiary alicyclic amines) is 1. The maximum atomic E-state index is 12.5. The minimum Gasteiger partial charge on any atom is -0.445 e. The Hall–Kier alpha value is -3.48. The zero-order chi connectivity index (χ0) is 29.6. The number of piperidine rings is 1. The highest BCUT2D eigenvalue weighted by Gasteiger charge is 2.58. The van der Waals surface area contributed by atoms with E-state index >= 15 is 0 Å². The van der Waals surface area contributed by atoms with Crippen molar-refractivity contribution in [2.75, 3.05) is 26.3 Å². The first-order valence-electron chi connectivity index (χ1n) is 14.8. The van der Waals surface area contributed by atoms with Crippen molar-refractivity contribution in [3.63, 3.8) is 0 Å². The van der Waals surface area contributed by atoms with Crippen molar-refractivity contribution in [2.24, 2.45) is 0 Å². The number of amides is 1. The van der Waals surface area contributed by atoms with Crippen molar-refractivity contribution in [3.8, 4) is 6.07 Å². The van der Waals surface area contributed by atoms with E-state index in [1.807, 2.05) is 42.5 Å². The Morgan fingerprint density at radius 3 is 2.05 bits per heavy atom. The number of benzene rings is 3. The van der Waals surface area contributed by atoms with Crippen LogP contribution >= 0.6 is 0 Å². The molecule has 42 heavy (non-hydrogen) atoms. The second kappa shape index (κ2) is 12.8. The van der Waals surface area contributed by atoms with Gasteiger partial charge in [-0.05, 0) is 33.8 Å². The maximum absolute atomic E-state index is 12.5. The largest absolute Gasteiger partial charge is 0.445 e. The van der Waals surface area contributed by atoms with Crippen molar-refractivity contribution >= 4 is 24.8 Å². The fourth-order valence-electron chi connectivity index (χ4n) is 6.41. The van der Waals surface area contributed by atoms with Gasteiger partial charge in [0.05, 0.1) is 19.3 Å². The average Bonchev–Trinajstić information content (AvgIpc) is 3.43. The Bertz CT molecular complexity index is 1310. The van der Waals surface area contributed by atoms with Crippen LogP contribution in [0.4, 0.5) is 4.79 Å². The summed E-state index contributed by atoms with van der Waals surface area (Å²) in [6.07, 6.45) is 0.601. The zero-order valence-electron chi connectivity index (χ0n) is 24.8. The van der Waals surface area contributed by atoms with E-state index in [1.165, 1.54) is 10.4 Å². The van der Waals surface area contributed by atoms with Crippen LogP contribution < -0.4 is 15.7 Å². The number of carbonyl (C=O) groups excluding carboxylic acids is 1. The molecule has 0 bridgehead atoms. The number of alkyl carbamates (subject to hydrolysis) is 1. The van der Waals surface area contributed by atoms with Crippen molar-refractivity contribution in [2.45, 2.75) is 62.9 Å². The lowest BCUT2D eigenvalue weighted by Gasteiger charge is -2.48. The lowest BCUT2D eigenvalue weighted by molar-refractivity contribution is 0.0269. The quantitative estimate of drug-likeness (QED) is 0.390. The number of nitrogens with zero attached hydrogens (tertiary/aromatic N) is 2. The fourth-order valence-corrected chi connectivity index (χ4v) is 11.1. The minimum atomic E-state index is -2.89. The van der Waals surface area contributed by atoms with E-state index in [4.69, 9.17) is 13.9 Å². The Kier molecular flexibility index (Phi) is 9.14. The topological polar surface area (TPSA) is 83.8 Å². The van der Waals surface area contributed by atoms with Crippen LogP contribution in [-0.2, 0) is 20.5 Å². The van der Waals surface area contributed by atoms with Crippen LogP contribution in [0, 0.1) is 11.3 Å². The minimum absolute atomic E-state index is 0.0152. The molecule has 5 rings (SSSR count). The Balaban J connectivity index is 1.33. The van der Waals surface area contributed by atoms with Crippen molar-refractivity contribution in [3.05, 3.63) is 96.6 Å². The molecule has 0 radical (unpaired) electrons.